The van der Waals surface area contributed by atoms with E-state index in [2.05, 4.69) is 10.5 Å². The van der Waals surface area contributed by atoms with Crippen LogP contribution in [0.3, 0.4) is 0 Å². The van der Waals surface area contributed by atoms with Crippen LogP contribution in [0.1, 0.15) is 26.2 Å². The highest BCUT2D eigenvalue weighted by Crippen LogP contribution is 2.15. The number of benzene rings is 1. The molecule has 0 heterocycles. The van der Waals surface area contributed by atoms with Crippen molar-refractivity contribution in [3.63, 3.8) is 0 Å². The van der Waals surface area contributed by atoms with Gasteiger partial charge in [-0.05, 0) is 18.6 Å². The van der Waals surface area contributed by atoms with Gasteiger partial charge in [0.2, 0.25) is 5.71 Å². The van der Waals surface area contributed by atoms with Gasteiger partial charge in [0.25, 0.3) is 5.69 Å². The number of carbonyl (C=O) groups is 1. The molecule has 0 radical (unpaired) electrons. The summed E-state index contributed by atoms with van der Waals surface area (Å²) in [7, 11) is 0. The van der Waals surface area contributed by atoms with E-state index >= 15 is 0 Å². The number of unbranched alkanes of at least 4 members (excludes halogenated alkanes) is 2. The van der Waals surface area contributed by atoms with Crippen LogP contribution in [0.5, 0.6) is 0 Å². The van der Waals surface area contributed by atoms with Crippen LogP contribution in [0.25, 0.3) is 0 Å². The summed E-state index contributed by atoms with van der Waals surface area (Å²) < 4.78 is 4.91. The molecule has 0 unspecified atom stereocenters. The fourth-order valence-electron chi connectivity index (χ4n) is 1.48. The lowest BCUT2D eigenvalue weighted by molar-refractivity contribution is -0.384. The SMILES string of the molecule is CCCCCOC(=O)/C(C#N)=N/Nc1ccc([N+](=O)[O-])cc1. The highest BCUT2D eigenvalue weighted by Gasteiger charge is 2.12. The predicted molar refractivity (Wildman–Crippen MR) is 80.3 cm³/mol. The van der Waals surface area contributed by atoms with E-state index in [0.29, 0.717) is 5.69 Å². The van der Waals surface area contributed by atoms with E-state index in [9.17, 15) is 14.9 Å². The van der Waals surface area contributed by atoms with Crippen LogP contribution < -0.4 is 5.43 Å². The fourth-order valence-corrected chi connectivity index (χ4v) is 1.48. The van der Waals surface area contributed by atoms with Crippen molar-refractivity contribution in [2.75, 3.05) is 12.0 Å². The second-order valence-corrected chi connectivity index (χ2v) is 4.33. The quantitative estimate of drug-likeness (QED) is 0.259. The summed E-state index contributed by atoms with van der Waals surface area (Å²) in [5.41, 5.74) is 2.43. The minimum absolute atomic E-state index is 0.0645. The zero-order chi connectivity index (χ0) is 16.4. The molecule has 8 heteroatoms. The number of rotatable bonds is 8. The number of nitriles is 1. The van der Waals surface area contributed by atoms with E-state index in [1.165, 1.54) is 24.3 Å². The average Bonchev–Trinajstić information content (AvgIpc) is 2.52. The molecule has 0 spiro atoms. The molecule has 1 rings (SSSR count). The molecule has 0 fully saturated rings. The number of nitro benzene ring substituents is 1. The van der Waals surface area contributed by atoms with Crippen LogP contribution in [0.4, 0.5) is 11.4 Å². The Kier molecular flexibility index (Phi) is 7.05. The zero-order valence-electron chi connectivity index (χ0n) is 12.1. The van der Waals surface area contributed by atoms with E-state index in [4.69, 9.17) is 10.00 Å². The molecule has 1 aromatic carbocycles. The number of nitrogens with one attached hydrogen (secondary N) is 1. The Morgan fingerprint density at radius 3 is 2.64 bits per heavy atom. The lowest BCUT2D eigenvalue weighted by Gasteiger charge is -2.03. The number of hydrogen-bond acceptors (Lipinski definition) is 7. The van der Waals surface area contributed by atoms with Crippen molar-refractivity contribution in [2.24, 2.45) is 5.10 Å². The fraction of sp³-hybridized carbons (Fsp3) is 0.357. The minimum Gasteiger partial charge on any atom is -0.460 e. The molecule has 1 aromatic rings. The van der Waals surface area contributed by atoms with E-state index in [1.54, 1.807) is 6.07 Å². The number of carbonyl (C=O) groups excluding carboxylic acids is 1. The Balaban J connectivity index is 2.59. The van der Waals surface area contributed by atoms with Gasteiger partial charge in [0, 0.05) is 12.1 Å². The van der Waals surface area contributed by atoms with Crippen molar-refractivity contribution in [3.05, 3.63) is 34.4 Å². The molecule has 116 valence electrons. The average molecular weight is 304 g/mol. The van der Waals surface area contributed by atoms with Gasteiger partial charge in [-0.1, -0.05) is 19.8 Å². The van der Waals surface area contributed by atoms with Crippen LogP contribution >= 0.6 is 0 Å². The number of non-ortho nitro benzene ring substituents is 1. The van der Waals surface area contributed by atoms with Gasteiger partial charge in [0.05, 0.1) is 17.2 Å². The van der Waals surface area contributed by atoms with E-state index in [-0.39, 0.29) is 12.3 Å². The monoisotopic (exact) mass is 304 g/mol. The maximum absolute atomic E-state index is 11.6. The summed E-state index contributed by atoms with van der Waals surface area (Å²) in [5, 5.41) is 23.0. The number of esters is 1. The predicted octanol–water partition coefficient (Wildman–Crippen LogP) is 2.62. The van der Waals surface area contributed by atoms with Crippen LogP contribution in [0.2, 0.25) is 0 Å². The molecule has 0 aliphatic carbocycles. The smallest absolute Gasteiger partial charge is 0.369 e. The molecule has 0 saturated carbocycles. The lowest BCUT2D eigenvalue weighted by Crippen LogP contribution is -2.18. The third kappa shape index (κ3) is 5.58. The molecule has 22 heavy (non-hydrogen) atoms. The number of nitro groups is 1. The highest BCUT2D eigenvalue weighted by atomic mass is 16.6. The van der Waals surface area contributed by atoms with Crippen molar-refractivity contribution in [3.8, 4) is 6.07 Å². The zero-order valence-corrected chi connectivity index (χ0v) is 12.1. The van der Waals surface area contributed by atoms with Gasteiger partial charge in [-0.25, -0.2) is 4.79 Å². The minimum atomic E-state index is -0.798. The van der Waals surface area contributed by atoms with Crippen LogP contribution in [0, 0.1) is 21.4 Å². The third-order valence-electron chi connectivity index (χ3n) is 2.66. The van der Waals surface area contributed by atoms with E-state index < -0.39 is 16.6 Å². The standard InChI is InChI=1S/C14H16N4O4/c1-2-3-4-9-22-14(19)13(10-15)17-16-11-5-7-12(8-6-11)18(20)21/h5-8,16H,2-4,9H2,1H3/b17-13+. The van der Waals surface area contributed by atoms with Crippen molar-refractivity contribution in [1.29, 1.82) is 5.26 Å². The van der Waals surface area contributed by atoms with Crippen LogP contribution in [0.15, 0.2) is 29.4 Å². The maximum atomic E-state index is 11.6. The van der Waals surface area contributed by atoms with Gasteiger partial charge in [-0.3, -0.25) is 15.5 Å². The highest BCUT2D eigenvalue weighted by molar-refractivity contribution is 6.43. The number of hydrogen-bond donors (Lipinski definition) is 1. The van der Waals surface area contributed by atoms with Crippen LogP contribution in [-0.4, -0.2) is 23.2 Å². The first-order valence-electron chi connectivity index (χ1n) is 6.73. The molecule has 0 bridgehead atoms. The van der Waals surface area contributed by atoms with Crippen LogP contribution in [-0.2, 0) is 9.53 Å². The van der Waals surface area contributed by atoms with E-state index in [1.807, 2.05) is 6.92 Å². The van der Waals surface area contributed by atoms with Gasteiger partial charge in [-0.2, -0.15) is 10.4 Å². The number of anilines is 1. The molecule has 1 N–H and O–H groups in total. The number of hydrazone groups is 1. The molecular weight excluding hydrogens is 288 g/mol. The van der Waals surface area contributed by atoms with Crippen molar-refractivity contribution in [1.82, 2.24) is 0 Å². The van der Waals surface area contributed by atoms with Gasteiger partial charge in [0.1, 0.15) is 6.07 Å². The first-order chi connectivity index (χ1) is 10.6. The first-order valence-corrected chi connectivity index (χ1v) is 6.73. The lowest BCUT2D eigenvalue weighted by atomic mass is 10.3. The summed E-state index contributed by atoms with van der Waals surface area (Å²) >= 11 is 0. The summed E-state index contributed by atoms with van der Waals surface area (Å²) in [6.07, 6.45) is 2.67. The molecule has 0 saturated heterocycles. The summed E-state index contributed by atoms with van der Waals surface area (Å²) in [6.45, 7) is 2.27. The number of nitrogens with zero attached hydrogens (tertiary/aromatic N) is 3. The van der Waals surface area contributed by atoms with Gasteiger partial charge >= 0.3 is 5.97 Å². The Morgan fingerprint density at radius 1 is 1.41 bits per heavy atom. The Bertz CT molecular complexity index is 590. The number of ether oxygens (including phenoxy) is 1. The van der Waals surface area contributed by atoms with E-state index in [0.717, 1.165) is 19.3 Å². The Labute approximate surface area is 127 Å². The largest absolute Gasteiger partial charge is 0.460 e. The topological polar surface area (TPSA) is 118 Å². The molecule has 0 atom stereocenters. The van der Waals surface area contributed by atoms with Crippen molar-refractivity contribution < 1.29 is 14.5 Å². The molecule has 0 amide bonds. The molecule has 8 nitrogen and oxygen atoms in total. The van der Waals surface area contributed by atoms with Gasteiger partial charge < -0.3 is 4.74 Å². The molecular formula is C14H16N4O4. The third-order valence-corrected chi connectivity index (χ3v) is 2.66. The van der Waals surface area contributed by atoms with Gasteiger partial charge in [-0.15, -0.1) is 0 Å². The van der Waals surface area contributed by atoms with Gasteiger partial charge in [0.15, 0.2) is 0 Å². The maximum Gasteiger partial charge on any atom is 0.369 e. The summed E-state index contributed by atoms with van der Waals surface area (Å²) in [6, 6.07) is 7.06. The van der Waals surface area contributed by atoms with Crippen molar-refractivity contribution in [2.45, 2.75) is 26.2 Å². The second-order valence-electron chi connectivity index (χ2n) is 4.33. The second kappa shape index (κ2) is 9.07. The Hall–Kier alpha value is -2.95. The van der Waals surface area contributed by atoms with Crippen molar-refractivity contribution >= 4 is 23.1 Å². The normalized spacial score (nSPS) is 10.6. The molecule has 0 aliphatic heterocycles. The molecule has 0 aliphatic rings. The summed E-state index contributed by atoms with van der Waals surface area (Å²) in [4.78, 5) is 21.6. The first kappa shape index (κ1) is 17.1. The molecule has 0 aromatic heterocycles. The Morgan fingerprint density at radius 2 is 2.09 bits per heavy atom. The summed E-state index contributed by atoms with van der Waals surface area (Å²) in [5.74, 6) is -0.798.